The zero-order valence-electron chi connectivity index (χ0n) is 9.09. The molecule has 0 bridgehead atoms. The van der Waals surface area contributed by atoms with E-state index in [1.807, 2.05) is 12.2 Å². The largest absolute Gasteiger partial charge is 0.356 e. The maximum Gasteiger partial charge on any atom is 0.219 e. The van der Waals surface area contributed by atoms with Gasteiger partial charge in [0.05, 0.1) is 0 Å². The summed E-state index contributed by atoms with van der Waals surface area (Å²) < 4.78 is 10.1. The molecule has 0 spiro atoms. The molecule has 1 aliphatic rings. The molecule has 0 N–H and O–H groups in total. The molecule has 0 radical (unpaired) electrons. The molecule has 0 saturated carbocycles. The average molecular weight is 215 g/mol. The van der Waals surface area contributed by atoms with E-state index in [4.69, 9.17) is 9.47 Å². The van der Waals surface area contributed by atoms with Gasteiger partial charge in [-0.3, -0.25) is 10.1 Å². The van der Waals surface area contributed by atoms with Crippen molar-refractivity contribution in [3.8, 4) is 0 Å². The van der Waals surface area contributed by atoms with E-state index in [9.17, 15) is 10.1 Å². The molecular weight excluding hydrogens is 198 g/mol. The van der Waals surface area contributed by atoms with Crippen LogP contribution in [-0.2, 0) is 9.47 Å². The highest BCUT2D eigenvalue weighted by Crippen LogP contribution is 2.26. The smallest absolute Gasteiger partial charge is 0.219 e. The van der Waals surface area contributed by atoms with Gasteiger partial charge < -0.3 is 9.47 Å². The maximum atomic E-state index is 10.8. The van der Waals surface area contributed by atoms with Gasteiger partial charge in [-0.2, -0.15) is 0 Å². The SMILES string of the molecule is COC(CC1CC=CCC1[N+](=O)[O-])OC. The summed E-state index contributed by atoms with van der Waals surface area (Å²) in [6.07, 6.45) is 5.34. The molecule has 2 atom stereocenters. The Bertz CT molecular complexity index is 238. The number of nitro groups is 1. The number of hydrogen-bond donors (Lipinski definition) is 0. The molecule has 0 amide bonds. The first-order chi connectivity index (χ1) is 7.19. The number of nitrogens with zero attached hydrogens (tertiary/aromatic N) is 1. The highest BCUT2D eigenvalue weighted by Gasteiger charge is 2.33. The van der Waals surface area contributed by atoms with Crippen molar-refractivity contribution < 1.29 is 14.4 Å². The van der Waals surface area contributed by atoms with Crippen LogP contribution >= 0.6 is 0 Å². The first-order valence-corrected chi connectivity index (χ1v) is 5.03. The minimum Gasteiger partial charge on any atom is -0.356 e. The first-order valence-electron chi connectivity index (χ1n) is 5.03. The van der Waals surface area contributed by atoms with Crippen molar-refractivity contribution in [3.05, 3.63) is 22.3 Å². The number of allylic oxidation sites excluding steroid dienone is 1. The fraction of sp³-hybridized carbons (Fsp3) is 0.800. The van der Waals surface area contributed by atoms with Crippen molar-refractivity contribution >= 4 is 0 Å². The third kappa shape index (κ3) is 3.28. The van der Waals surface area contributed by atoms with Gasteiger partial charge in [0.1, 0.15) is 0 Å². The van der Waals surface area contributed by atoms with E-state index < -0.39 is 6.04 Å². The lowest BCUT2D eigenvalue weighted by Crippen LogP contribution is -2.33. The molecule has 0 fully saturated rings. The third-order valence-corrected chi connectivity index (χ3v) is 2.82. The molecule has 1 rings (SSSR count). The van der Waals surface area contributed by atoms with E-state index in [-0.39, 0.29) is 17.1 Å². The van der Waals surface area contributed by atoms with E-state index >= 15 is 0 Å². The van der Waals surface area contributed by atoms with Gasteiger partial charge in [-0.15, -0.1) is 0 Å². The topological polar surface area (TPSA) is 61.6 Å². The van der Waals surface area contributed by atoms with Crippen LogP contribution in [-0.4, -0.2) is 31.5 Å². The Kier molecular flexibility index (Phi) is 4.71. The molecule has 86 valence electrons. The van der Waals surface area contributed by atoms with Crippen LogP contribution in [0.2, 0.25) is 0 Å². The molecule has 5 nitrogen and oxygen atoms in total. The minimum atomic E-state index is -0.497. The lowest BCUT2D eigenvalue weighted by molar-refractivity contribution is -0.533. The molecular formula is C10H17NO4. The predicted octanol–water partition coefficient (Wildman–Crippen LogP) is 1.61. The first kappa shape index (κ1) is 12.1. The van der Waals surface area contributed by atoms with E-state index in [0.717, 1.165) is 6.42 Å². The molecule has 1 aliphatic carbocycles. The Morgan fingerprint density at radius 1 is 1.40 bits per heavy atom. The minimum absolute atomic E-state index is 0.00917. The fourth-order valence-corrected chi connectivity index (χ4v) is 1.90. The summed E-state index contributed by atoms with van der Waals surface area (Å²) in [5.41, 5.74) is 0. The Hall–Kier alpha value is -0.940. The monoisotopic (exact) mass is 215 g/mol. The standard InChI is InChI=1S/C10H17NO4/c1-14-10(15-2)7-8-5-3-4-6-9(8)11(12)13/h3-4,8-10H,5-7H2,1-2H3. The summed E-state index contributed by atoms with van der Waals surface area (Å²) in [5.74, 6) is 0.00917. The van der Waals surface area contributed by atoms with Gasteiger partial charge in [-0.25, -0.2) is 0 Å². The number of rotatable bonds is 5. The van der Waals surface area contributed by atoms with Crippen molar-refractivity contribution in [2.75, 3.05) is 14.2 Å². The Balaban J connectivity index is 2.57. The van der Waals surface area contributed by atoms with Gasteiger partial charge >= 0.3 is 0 Å². The molecule has 0 heterocycles. The van der Waals surface area contributed by atoms with E-state index in [0.29, 0.717) is 12.8 Å². The maximum absolute atomic E-state index is 10.8. The van der Waals surface area contributed by atoms with Crippen LogP contribution < -0.4 is 0 Å². The number of ether oxygens (including phenoxy) is 2. The van der Waals surface area contributed by atoms with Crippen LogP contribution in [0.5, 0.6) is 0 Å². The summed E-state index contributed by atoms with van der Waals surface area (Å²) in [6.45, 7) is 0. The molecule has 5 heteroatoms. The Morgan fingerprint density at radius 3 is 2.53 bits per heavy atom. The molecule has 15 heavy (non-hydrogen) atoms. The molecule has 0 saturated heterocycles. The summed E-state index contributed by atoms with van der Waals surface area (Å²) in [6, 6.07) is -0.497. The molecule has 2 unspecified atom stereocenters. The van der Waals surface area contributed by atoms with Crippen molar-refractivity contribution in [3.63, 3.8) is 0 Å². The van der Waals surface area contributed by atoms with Gasteiger partial charge in [-0.1, -0.05) is 12.2 Å². The molecule has 0 aromatic carbocycles. The van der Waals surface area contributed by atoms with Crippen LogP contribution in [0.1, 0.15) is 19.3 Å². The van der Waals surface area contributed by atoms with Crippen molar-refractivity contribution in [1.29, 1.82) is 0 Å². The van der Waals surface area contributed by atoms with Gasteiger partial charge in [0.25, 0.3) is 0 Å². The van der Waals surface area contributed by atoms with Crippen LogP contribution in [0.3, 0.4) is 0 Å². The average Bonchev–Trinajstić information content (AvgIpc) is 2.26. The second-order valence-corrected chi connectivity index (χ2v) is 3.69. The fourth-order valence-electron chi connectivity index (χ4n) is 1.90. The second kappa shape index (κ2) is 5.82. The van der Waals surface area contributed by atoms with E-state index in [1.165, 1.54) is 0 Å². The Morgan fingerprint density at radius 2 is 2.00 bits per heavy atom. The van der Waals surface area contributed by atoms with E-state index in [1.54, 1.807) is 14.2 Å². The Labute approximate surface area is 89.2 Å². The zero-order chi connectivity index (χ0) is 11.3. The van der Waals surface area contributed by atoms with Crippen LogP contribution in [0.4, 0.5) is 0 Å². The quantitative estimate of drug-likeness (QED) is 0.302. The number of hydrogen-bond acceptors (Lipinski definition) is 4. The predicted molar refractivity (Wildman–Crippen MR) is 55.1 cm³/mol. The summed E-state index contributed by atoms with van der Waals surface area (Å²) >= 11 is 0. The van der Waals surface area contributed by atoms with E-state index in [2.05, 4.69) is 0 Å². The van der Waals surface area contributed by atoms with Crippen molar-refractivity contribution in [1.82, 2.24) is 0 Å². The lowest BCUT2D eigenvalue weighted by atomic mass is 9.87. The summed E-state index contributed by atoms with van der Waals surface area (Å²) in [5, 5.41) is 10.8. The van der Waals surface area contributed by atoms with Gasteiger partial charge in [0.2, 0.25) is 6.04 Å². The zero-order valence-corrected chi connectivity index (χ0v) is 9.09. The van der Waals surface area contributed by atoms with Crippen molar-refractivity contribution in [2.45, 2.75) is 31.6 Å². The number of methoxy groups -OCH3 is 2. The molecule has 0 aromatic heterocycles. The highest BCUT2D eigenvalue weighted by molar-refractivity contribution is 4.95. The van der Waals surface area contributed by atoms with Crippen LogP contribution in [0, 0.1) is 16.0 Å². The van der Waals surface area contributed by atoms with Crippen molar-refractivity contribution in [2.24, 2.45) is 5.92 Å². The molecule has 0 aliphatic heterocycles. The normalized spacial score (nSPS) is 25.8. The van der Waals surface area contributed by atoms with Gasteiger partial charge in [0, 0.05) is 37.9 Å². The van der Waals surface area contributed by atoms with Crippen LogP contribution in [0.15, 0.2) is 12.2 Å². The van der Waals surface area contributed by atoms with Crippen LogP contribution in [0.25, 0.3) is 0 Å². The molecule has 0 aromatic rings. The highest BCUT2D eigenvalue weighted by atomic mass is 16.7. The third-order valence-electron chi connectivity index (χ3n) is 2.82. The van der Waals surface area contributed by atoms with Gasteiger partial charge in [0.15, 0.2) is 6.29 Å². The summed E-state index contributed by atoms with van der Waals surface area (Å²) in [4.78, 5) is 10.6. The summed E-state index contributed by atoms with van der Waals surface area (Å²) in [7, 11) is 3.10. The lowest BCUT2D eigenvalue weighted by Gasteiger charge is -2.25. The van der Waals surface area contributed by atoms with Gasteiger partial charge in [-0.05, 0) is 6.42 Å². The second-order valence-electron chi connectivity index (χ2n) is 3.69.